The molecule has 0 aliphatic rings. The minimum Gasteiger partial charge on any atom is -0.310 e. The van der Waals surface area contributed by atoms with Crippen LogP contribution in [0.1, 0.15) is 58.1 Å². The van der Waals surface area contributed by atoms with Crippen LogP contribution in [0.2, 0.25) is 0 Å². The number of benzene rings is 1. The van der Waals surface area contributed by atoms with Crippen LogP contribution in [0.5, 0.6) is 0 Å². The van der Waals surface area contributed by atoms with E-state index < -0.39 is 0 Å². The van der Waals surface area contributed by atoms with E-state index in [1.807, 2.05) is 6.07 Å². The topological polar surface area (TPSA) is 12.0 Å². The molecule has 2 atom stereocenters. The van der Waals surface area contributed by atoms with E-state index in [2.05, 4.69) is 42.0 Å². The Morgan fingerprint density at radius 3 is 2.58 bits per heavy atom. The van der Waals surface area contributed by atoms with Gasteiger partial charge in [0.15, 0.2) is 0 Å². The summed E-state index contributed by atoms with van der Waals surface area (Å²) in [5.41, 5.74) is 1.05. The smallest absolute Gasteiger partial charge is 0.137 e. The van der Waals surface area contributed by atoms with Gasteiger partial charge in [0.2, 0.25) is 0 Å². The largest absolute Gasteiger partial charge is 0.310 e. The van der Waals surface area contributed by atoms with Crippen molar-refractivity contribution < 1.29 is 4.39 Å². The number of halogens is 2. The highest BCUT2D eigenvalue weighted by atomic mass is 79.9. The van der Waals surface area contributed by atoms with Crippen LogP contribution in [0.4, 0.5) is 4.39 Å². The Balaban J connectivity index is 2.79. The average Bonchev–Trinajstić information content (AvgIpc) is 2.38. The molecule has 1 nitrogen and oxygen atoms in total. The fourth-order valence-corrected chi connectivity index (χ4v) is 2.64. The molecule has 0 aliphatic heterocycles. The van der Waals surface area contributed by atoms with Gasteiger partial charge >= 0.3 is 0 Å². The zero-order valence-electron chi connectivity index (χ0n) is 12.2. The Kier molecular flexibility index (Phi) is 7.62. The van der Waals surface area contributed by atoms with Crippen LogP contribution in [0.3, 0.4) is 0 Å². The normalized spacial score (nSPS) is 14.4. The molecule has 0 radical (unpaired) electrons. The zero-order valence-corrected chi connectivity index (χ0v) is 13.8. The summed E-state index contributed by atoms with van der Waals surface area (Å²) in [5, 5.41) is 3.54. The molecule has 1 rings (SSSR count). The van der Waals surface area contributed by atoms with Crippen LogP contribution in [0.15, 0.2) is 22.7 Å². The molecule has 108 valence electrons. The number of nitrogens with one attached hydrogen (secondary N) is 1. The third-order valence-electron chi connectivity index (χ3n) is 3.41. The van der Waals surface area contributed by atoms with Gasteiger partial charge in [-0.1, -0.05) is 39.7 Å². The van der Waals surface area contributed by atoms with Crippen molar-refractivity contribution in [1.82, 2.24) is 5.32 Å². The van der Waals surface area contributed by atoms with E-state index in [-0.39, 0.29) is 11.9 Å². The van der Waals surface area contributed by atoms with Gasteiger partial charge in [-0.15, -0.1) is 0 Å². The van der Waals surface area contributed by atoms with E-state index in [1.54, 1.807) is 12.1 Å². The lowest BCUT2D eigenvalue weighted by molar-refractivity contribution is 0.389. The van der Waals surface area contributed by atoms with Crippen LogP contribution in [0.25, 0.3) is 0 Å². The molecule has 0 saturated heterocycles. The first-order valence-corrected chi connectivity index (χ1v) is 8.06. The van der Waals surface area contributed by atoms with Gasteiger partial charge in [0.05, 0.1) is 4.47 Å². The van der Waals surface area contributed by atoms with Crippen molar-refractivity contribution in [3.05, 3.63) is 34.1 Å². The highest BCUT2D eigenvalue weighted by Crippen LogP contribution is 2.26. The summed E-state index contributed by atoms with van der Waals surface area (Å²) < 4.78 is 14.2. The summed E-state index contributed by atoms with van der Waals surface area (Å²) in [4.78, 5) is 0. The van der Waals surface area contributed by atoms with E-state index in [9.17, 15) is 4.39 Å². The molecule has 2 unspecified atom stereocenters. The van der Waals surface area contributed by atoms with Crippen molar-refractivity contribution in [2.24, 2.45) is 5.92 Å². The second kappa shape index (κ2) is 8.70. The average molecular weight is 330 g/mol. The molecule has 0 fully saturated rings. The van der Waals surface area contributed by atoms with E-state index in [0.29, 0.717) is 10.4 Å². The van der Waals surface area contributed by atoms with Crippen LogP contribution in [-0.4, -0.2) is 6.54 Å². The maximum atomic E-state index is 13.7. The van der Waals surface area contributed by atoms with Crippen molar-refractivity contribution in [3.8, 4) is 0 Å². The van der Waals surface area contributed by atoms with E-state index in [1.165, 1.54) is 12.8 Å². The summed E-state index contributed by atoms with van der Waals surface area (Å²) in [6, 6.07) is 5.72. The summed E-state index contributed by atoms with van der Waals surface area (Å²) in [5.74, 6) is 0.481. The van der Waals surface area contributed by atoms with Gasteiger partial charge in [0, 0.05) is 6.04 Å². The van der Waals surface area contributed by atoms with Gasteiger partial charge in [-0.05, 0) is 58.9 Å². The maximum Gasteiger partial charge on any atom is 0.137 e. The molecule has 0 spiro atoms. The molecule has 0 saturated carbocycles. The Labute approximate surface area is 125 Å². The lowest BCUT2D eigenvalue weighted by Gasteiger charge is -2.23. The first-order chi connectivity index (χ1) is 9.08. The highest BCUT2D eigenvalue weighted by molar-refractivity contribution is 9.10. The molecule has 1 N–H and O–H groups in total. The van der Waals surface area contributed by atoms with Crippen LogP contribution < -0.4 is 5.32 Å². The number of hydrogen-bond donors (Lipinski definition) is 1. The predicted octanol–water partition coefficient (Wildman–Crippen LogP) is 5.46. The van der Waals surface area contributed by atoms with Crippen LogP contribution in [0, 0.1) is 11.7 Å². The van der Waals surface area contributed by atoms with Gasteiger partial charge in [-0.25, -0.2) is 4.39 Å². The molecule has 1 aromatic rings. The number of rotatable bonds is 8. The second-order valence-electron chi connectivity index (χ2n) is 5.31. The standard InChI is InChI=1S/C16H25BrFN/c1-4-6-12(3)10-16(19-9-5-2)13-7-8-14(17)15(18)11-13/h7-8,11-12,16,19H,4-6,9-10H2,1-3H3. The molecular weight excluding hydrogens is 305 g/mol. The van der Waals surface area contributed by atoms with Crippen LogP contribution in [-0.2, 0) is 0 Å². The summed E-state index contributed by atoms with van der Waals surface area (Å²) in [7, 11) is 0. The Bertz CT molecular complexity index is 381. The third-order valence-corrected chi connectivity index (χ3v) is 4.05. The first kappa shape index (κ1) is 16.6. The van der Waals surface area contributed by atoms with Crippen molar-refractivity contribution in [3.63, 3.8) is 0 Å². The molecular formula is C16H25BrFN. The van der Waals surface area contributed by atoms with Crippen molar-refractivity contribution in [1.29, 1.82) is 0 Å². The van der Waals surface area contributed by atoms with Gasteiger partial charge < -0.3 is 5.32 Å². The predicted molar refractivity (Wildman–Crippen MR) is 83.8 cm³/mol. The van der Waals surface area contributed by atoms with Crippen LogP contribution >= 0.6 is 15.9 Å². The molecule has 0 aromatic heterocycles. The lowest BCUT2D eigenvalue weighted by Crippen LogP contribution is -2.24. The Hall–Kier alpha value is -0.410. The number of hydrogen-bond acceptors (Lipinski definition) is 1. The summed E-state index contributed by atoms with van der Waals surface area (Å²) >= 11 is 3.21. The first-order valence-electron chi connectivity index (χ1n) is 7.26. The van der Waals surface area contributed by atoms with Gasteiger partial charge in [-0.3, -0.25) is 0 Å². The van der Waals surface area contributed by atoms with E-state index in [4.69, 9.17) is 0 Å². The maximum absolute atomic E-state index is 13.7. The van der Waals surface area contributed by atoms with E-state index >= 15 is 0 Å². The minimum atomic E-state index is -0.177. The monoisotopic (exact) mass is 329 g/mol. The SMILES string of the molecule is CCCNC(CC(C)CCC)c1ccc(Br)c(F)c1. The zero-order chi connectivity index (χ0) is 14.3. The Morgan fingerprint density at radius 2 is 2.00 bits per heavy atom. The molecule has 0 bridgehead atoms. The van der Waals surface area contributed by atoms with Gasteiger partial charge in [0.1, 0.15) is 5.82 Å². The van der Waals surface area contributed by atoms with E-state index in [0.717, 1.165) is 24.9 Å². The molecule has 0 heterocycles. The summed E-state index contributed by atoms with van der Waals surface area (Å²) in [6.45, 7) is 7.62. The van der Waals surface area contributed by atoms with Crippen molar-refractivity contribution in [2.75, 3.05) is 6.54 Å². The molecule has 19 heavy (non-hydrogen) atoms. The highest BCUT2D eigenvalue weighted by Gasteiger charge is 2.15. The van der Waals surface area contributed by atoms with Gasteiger partial charge in [0.25, 0.3) is 0 Å². The summed E-state index contributed by atoms with van der Waals surface area (Å²) in [6.07, 6.45) is 4.59. The fourth-order valence-electron chi connectivity index (χ4n) is 2.40. The molecule has 0 amide bonds. The van der Waals surface area contributed by atoms with Gasteiger partial charge in [-0.2, -0.15) is 0 Å². The van der Waals surface area contributed by atoms with Crippen molar-refractivity contribution in [2.45, 2.75) is 52.5 Å². The molecule has 0 aliphatic carbocycles. The second-order valence-corrected chi connectivity index (χ2v) is 6.16. The quantitative estimate of drug-likeness (QED) is 0.668. The Morgan fingerprint density at radius 1 is 1.26 bits per heavy atom. The molecule has 3 heteroatoms. The lowest BCUT2D eigenvalue weighted by atomic mass is 9.93. The minimum absolute atomic E-state index is 0.177. The van der Waals surface area contributed by atoms with Crippen molar-refractivity contribution >= 4 is 15.9 Å². The molecule has 1 aromatic carbocycles. The fraction of sp³-hybridized carbons (Fsp3) is 0.625. The third kappa shape index (κ3) is 5.62.